The molecule has 0 saturated carbocycles. The van der Waals surface area contributed by atoms with Crippen LogP contribution < -0.4 is 21.3 Å². The first kappa shape index (κ1) is 31.9. The minimum Gasteiger partial charge on any atom is -0.373 e. The average molecular weight is 527 g/mol. The summed E-state index contributed by atoms with van der Waals surface area (Å²) in [6, 6.07) is 0.307. The fraction of sp³-hybridized carbons (Fsp3) is 0.464. The summed E-state index contributed by atoms with van der Waals surface area (Å²) in [7, 11) is 4.06. The molecule has 1 aromatic rings. The van der Waals surface area contributed by atoms with Crippen molar-refractivity contribution in [2.45, 2.75) is 47.1 Å². The lowest BCUT2D eigenvalue weighted by Gasteiger charge is -2.16. The topological polar surface area (TPSA) is 89.0 Å². The number of aliphatic imine (C=N–C) groups is 2. The molecule has 1 aromatic heterocycles. The first-order valence-corrected chi connectivity index (χ1v) is 13.5. The zero-order valence-electron chi connectivity index (χ0n) is 23.7. The minimum absolute atomic E-state index is 0.307. The number of allylic oxidation sites excluding steroid dienone is 4. The monoisotopic (exact) mass is 526 g/mol. The summed E-state index contributed by atoms with van der Waals surface area (Å²) in [5.41, 5.74) is 3.80. The average Bonchev–Trinajstić information content (AvgIpc) is 3.29. The molecule has 1 heterocycles. The molecule has 0 unspecified atom stereocenters. The van der Waals surface area contributed by atoms with Crippen LogP contribution in [0, 0.1) is 0 Å². The Morgan fingerprint density at radius 2 is 1.95 bits per heavy atom. The van der Waals surface area contributed by atoms with Gasteiger partial charge in [0.25, 0.3) is 0 Å². The molecule has 0 saturated heterocycles. The highest BCUT2D eigenvalue weighted by Gasteiger charge is 2.12. The van der Waals surface area contributed by atoms with Crippen molar-refractivity contribution in [3.8, 4) is 0 Å². The maximum absolute atomic E-state index is 4.99. The van der Waals surface area contributed by atoms with E-state index < -0.39 is 0 Å². The summed E-state index contributed by atoms with van der Waals surface area (Å²) in [5, 5.41) is 14.1. The number of nitrogens with zero attached hydrogens (tertiary/aromatic N) is 4. The van der Waals surface area contributed by atoms with Gasteiger partial charge in [-0.3, -0.25) is 0 Å². The summed E-state index contributed by atoms with van der Waals surface area (Å²) < 4.78 is 0. The lowest BCUT2D eigenvalue weighted by atomic mass is 10.0. The van der Waals surface area contributed by atoms with Gasteiger partial charge in [-0.2, -0.15) is 0 Å². The Kier molecular flexibility index (Phi) is 14.9. The van der Waals surface area contributed by atoms with Gasteiger partial charge in [-0.1, -0.05) is 56.2 Å². The van der Waals surface area contributed by atoms with E-state index in [2.05, 4.69) is 78.6 Å². The molecule has 0 aliphatic carbocycles. The molecule has 1 rings (SSSR count). The van der Waals surface area contributed by atoms with Gasteiger partial charge >= 0.3 is 0 Å². The largest absolute Gasteiger partial charge is 0.373 e. The molecule has 0 spiro atoms. The molecule has 0 fully saturated rings. The minimum atomic E-state index is 0.307. The summed E-state index contributed by atoms with van der Waals surface area (Å²) >= 11 is 1.55. The van der Waals surface area contributed by atoms with Gasteiger partial charge in [0.05, 0.1) is 28.7 Å². The summed E-state index contributed by atoms with van der Waals surface area (Å²) in [6.07, 6.45) is 8.29. The van der Waals surface area contributed by atoms with Gasteiger partial charge in [0, 0.05) is 31.9 Å². The number of guanidine groups is 1. The quantitative estimate of drug-likeness (QED) is 0.137. The van der Waals surface area contributed by atoms with Crippen LogP contribution in [0.15, 0.2) is 71.1 Å². The van der Waals surface area contributed by atoms with Crippen LogP contribution in [0.4, 0.5) is 5.13 Å². The van der Waals surface area contributed by atoms with E-state index >= 15 is 0 Å². The van der Waals surface area contributed by atoms with Crippen molar-refractivity contribution < 1.29 is 0 Å². The van der Waals surface area contributed by atoms with E-state index in [0.717, 1.165) is 52.2 Å². The molecule has 204 valence electrons. The third kappa shape index (κ3) is 12.6. The second-order valence-electron chi connectivity index (χ2n) is 9.00. The Bertz CT molecular complexity index is 1010. The molecule has 0 amide bonds. The van der Waals surface area contributed by atoms with Crippen LogP contribution in [-0.2, 0) is 0 Å². The second-order valence-corrected chi connectivity index (χ2v) is 10.0. The molecule has 4 N–H and O–H groups in total. The Morgan fingerprint density at radius 1 is 1.22 bits per heavy atom. The van der Waals surface area contributed by atoms with Gasteiger partial charge in [0.2, 0.25) is 5.96 Å². The number of nitrogens with one attached hydrogen (secondary N) is 4. The van der Waals surface area contributed by atoms with Crippen LogP contribution in [0.5, 0.6) is 0 Å². The van der Waals surface area contributed by atoms with E-state index in [4.69, 9.17) is 9.98 Å². The van der Waals surface area contributed by atoms with Crippen LogP contribution in [0.25, 0.3) is 5.70 Å². The standard InChI is InChI=1S/C28H46N8S/c1-11-14-15-24(21(6)18-31-23(8)29-13-3)25(12-2)35-27(30-16-17-36(9)10)34-22(7)26-19-32-28(37-26)33-20(4)5/h11,14-15,19-20,29,31H,1,7-8,12-13,16-18H2,2-6,9-10H3,(H,30,34)(H,32,33)/b15-14-,24-21-,35-25+. The summed E-state index contributed by atoms with van der Waals surface area (Å²) in [5.74, 6) is 1.32. The van der Waals surface area contributed by atoms with Crippen molar-refractivity contribution >= 4 is 33.8 Å². The molecule has 0 radical (unpaired) electrons. The normalized spacial score (nSPS) is 13.1. The zero-order valence-corrected chi connectivity index (χ0v) is 24.6. The third-order valence-corrected chi connectivity index (χ3v) is 5.98. The van der Waals surface area contributed by atoms with Gasteiger partial charge in [0.1, 0.15) is 0 Å². The SMILES string of the molecule is C=C\C=C/C(=C(\C)CNC(=C)NCC)C(/CC)=N/C(=NCCN(C)C)NC(=C)c1cnc(NC(C)C)s1. The molecule has 0 aromatic carbocycles. The predicted octanol–water partition coefficient (Wildman–Crippen LogP) is 5.02. The van der Waals surface area contributed by atoms with E-state index in [1.807, 2.05) is 39.4 Å². The third-order valence-electron chi connectivity index (χ3n) is 4.99. The van der Waals surface area contributed by atoms with Crippen LogP contribution in [0.2, 0.25) is 0 Å². The lowest BCUT2D eigenvalue weighted by molar-refractivity contribution is 0.420. The van der Waals surface area contributed by atoms with E-state index in [9.17, 15) is 0 Å². The molecule has 0 aliphatic heterocycles. The van der Waals surface area contributed by atoms with Crippen LogP contribution in [0.1, 0.15) is 45.9 Å². The van der Waals surface area contributed by atoms with E-state index in [0.29, 0.717) is 30.8 Å². The summed E-state index contributed by atoms with van der Waals surface area (Å²) in [6.45, 7) is 25.4. The Morgan fingerprint density at radius 3 is 2.54 bits per heavy atom. The van der Waals surface area contributed by atoms with E-state index in [1.54, 1.807) is 17.4 Å². The number of rotatable bonds is 16. The molecule has 8 nitrogen and oxygen atoms in total. The molecule has 0 aliphatic rings. The van der Waals surface area contributed by atoms with Crippen molar-refractivity contribution in [1.82, 2.24) is 25.8 Å². The molecule has 0 atom stereocenters. The highest BCUT2D eigenvalue weighted by Crippen LogP contribution is 2.23. The van der Waals surface area contributed by atoms with Gasteiger partial charge in [-0.25, -0.2) is 15.0 Å². The molecular formula is C28H46N8S. The number of anilines is 1. The van der Waals surface area contributed by atoms with Crippen LogP contribution >= 0.6 is 11.3 Å². The van der Waals surface area contributed by atoms with Crippen molar-refractivity contribution in [3.63, 3.8) is 0 Å². The lowest BCUT2D eigenvalue weighted by Crippen LogP contribution is -2.27. The van der Waals surface area contributed by atoms with Crippen molar-refractivity contribution in [2.75, 3.05) is 45.6 Å². The first-order valence-electron chi connectivity index (χ1n) is 12.7. The first-order chi connectivity index (χ1) is 17.6. The Labute approximate surface area is 228 Å². The number of likely N-dealkylation sites (N-methyl/N-ethyl adjacent to an activating group) is 1. The zero-order chi connectivity index (χ0) is 27.8. The van der Waals surface area contributed by atoms with Crippen LogP contribution in [-0.4, -0.2) is 67.9 Å². The highest BCUT2D eigenvalue weighted by molar-refractivity contribution is 7.16. The van der Waals surface area contributed by atoms with Crippen molar-refractivity contribution in [3.05, 3.63) is 66.0 Å². The van der Waals surface area contributed by atoms with Crippen molar-refractivity contribution in [2.24, 2.45) is 9.98 Å². The number of hydrogen-bond acceptors (Lipinski definition) is 7. The Balaban J connectivity index is 3.33. The number of thiazole rings is 1. The fourth-order valence-electron chi connectivity index (χ4n) is 3.10. The number of aromatic nitrogens is 1. The van der Waals surface area contributed by atoms with Gasteiger partial charge in [0.15, 0.2) is 5.13 Å². The maximum atomic E-state index is 4.99. The predicted molar refractivity (Wildman–Crippen MR) is 164 cm³/mol. The van der Waals surface area contributed by atoms with Crippen LogP contribution in [0.3, 0.4) is 0 Å². The van der Waals surface area contributed by atoms with Gasteiger partial charge in [-0.05, 0) is 59.4 Å². The van der Waals surface area contributed by atoms with Gasteiger partial charge < -0.3 is 26.2 Å². The molecule has 0 bridgehead atoms. The van der Waals surface area contributed by atoms with E-state index in [-0.39, 0.29) is 0 Å². The second kappa shape index (κ2) is 17.3. The highest BCUT2D eigenvalue weighted by atomic mass is 32.1. The molecular weight excluding hydrogens is 480 g/mol. The smallest absolute Gasteiger partial charge is 0.222 e. The van der Waals surface area contributed by atoms with E-state index in [1.165, 1.54) is 0 Å². The maximum Gasteiger partial charge on any atom is 0.222 e. The van der Waals surface area contributed by atoms with Crippen molar-refractivity contribution in [1.29, 1.82) is 0 Å². The molecule has 9 heteroatoms. The fourth-order valence-corrected chi connectivity index (χ4v) is 3.99. The number of hydrogen-bond donors (Lipinski definition) is 4. The Hall–Kier alpha value is -3.17. The van der Waals surface area contributed by atoms with Gasteiger partial charge in [-0.15, -0.1) is 0 Å². The summed E-state index contributed by atoms with van der Waals surface area (Å²) in [4.78, 5) is 17.2. The molecule has 37 heavy (non-hydrogen) atoms.